The number of hydrogen-bond donors (Lipinski definition) is 1. The Morgan fingerprint density at radius 3 is 2.33 bits per heavy atom. The van der Waals surface area contributed by atoms with Gasteiger partial charge in [0.2, 0.25) is 21.8 Å². The van der Waals surface area contributed by atoms with Gasteiger partial charge in [0, 0.05) is 38.8 Å². The van der Waals surface area contributed by atoms with E-state index in [9.17, 15) is 18.0 Å². The van der Waals surface area contributed by atoms with Crippen LogP contribution in [-0.2, 0) is 19.6 Å². The summed E-state index contributed by atoms with van der Waals surface area (Å²) < 4.78 is 26.3. The van der Waals surface area contributed by atoms with Gasteiger partial charge in [0.1, 0.15) is 0 Å². The fourth-order valence-electron chi connectivity index (χ4n) is 2.85. The molecule has 1 aromatic rings. The highest BCUT2D eigenvalue weighted by Gasteiger charge is 2.34. The summed E-state index contributed by atoms with van der Waals surface area (Å²) in [5.74, 6) is -0.670. The van der Waals surface area contributed by atoms with E-state index in [2.05, 4.69) is 5.32 Å². The lowest BCUT2D eigenvalue weighted by Crippen LogP contribution is -2.31. The number of sulfonamides is 1. The number of nitrogens with zero attached hydrogens (tertiary/aromatic N) is 2. The van der Waals surface area contributed by atoms with Crippen LogP contribution in [0.25, 0.3) is 0 Å². The molecule has 1 aliphatic rings. The van der Waals surface area contributed by atoms with Gasteiger partial charge in [-0.1, -0.05) is 13.8 Å². The summed E-state index contributed by atoms with van der Waals surface area (Å²) in [4.78, 5) is 25.5. The largest absolute Gasteiger partial charge is 0.359 e. The van der Waals surface area contributed by atoms with Crippen molar-refractivity contribution in [1.29, 1.82) is 0 Å². The van der Waals surface area contributed by atoms with Crippen molar-refractivity contribution in [3.8, 4) is 0 Å². The number of carbonyl (C=O) groups is 2. The molecule has 2 amide bonds. The second kappa shape index (κ2) is 7.31. The van der Waals surface area contributed by atoms with E-state index in [1.165, 1.54) is 21.3 Å². The van der Waals surface area contributed by atoms with E-state index in [0.29, 0.717) is 25.3 Å². The van der Waals surface area contributed by atoms with Crippen LogP contribution in [0, 0.1) is 5.92 Å². The lowest BCUT2D eigenvalue weighted by atomic mass is 10.1. The van der Waals surface area contributed by atoms with Crippen molar-refractivity contribution in [2.75, 3.05) is 31.6 Å². The summed E-state index contributed by atoms with van der Waals surface area (Å²) in [6.45, 7) is 4.69. The SMILES string of the molecule is CCN(CC)S(=O)(=O)c1ccc(N2C[C@H](C(=O)NC)CC2=O)cc1. The quantitative estimate of drug-likeness (QED) is 0.820. The first kappa shape index (κ1) is 18.4. The van der Waals surface area contributed by atoms with Gasteiger partial charge in [-0.25, -0.2) is 8.42 Å². The smallest absolute Gasteiger partial charge is 0.243 e. The summed E-state index contributed by atoms with van der Waals surface area (Å²) in [6, 6.07) is 6.23. The van der Waals surface area contributed by atoms with Crippen molar-refractivity contribution < 1.29 is 18.0 Å². The number of benzene rings is 1. The van der Waals surface area contributed by atoms with Crippen LogP contribution in [0.3, 0.4) is 0 Å². The van der Waals surface area contributed by atoms with E-state index in [1.807, 2.05) is 0 Å². The third kappa shape index (κ3) is 3.44. The van der Waals surface area contributed by atoms with Gasteiger partial charge in [-0.15, -0.1) is 0 Å². The van der Waals surface area contributed by atoms with Gasteiger partial charge < -0.3 is 10.2 Å². The van der Waals surface area contributed by atoms with Crippen LogP contribution in [0.4, 0.5) is 5.69 Å². The molecular weight excluding hydrogens is 330 g/mol. The molecule has 1 N–H and O–H groups in total. The van der Waals surface area contributed by atoms with Crippen LogP contribution in [0.1, 0.15) is 20.3 Å². The third-order valence-corrected chi connectivity index (χ3v) is 6.30. The molecule has 0 spiro atoms. The van der Waals surface area contributed by atoms with Crippen LogP contribution in [0.2, 0.25) is 0 Å². The monoisotopic (exact) mass is 353 g/mol. The van der Waals surface area contributed by atoms with E-state index in [-0.39, 0.29) is 29.0 Å². The van der Waals surface area contributed by atoms with Crippen LogP contribution in [0.5, 0.6) is 0 Å². The predicted octanol–water partition coefficient (Wildman–Crippen LogP) is 0.816. The Morgan fingerprint density at radius 1 is 1.25 bits per heavy atom. The van der Waals surface area contributed by atoms with Gasteiger partial charge in [0.25, 0.3) is 0 Å². The molecule has 0 aliphatic carbocycles. The first-order valence-electron chi connectivity index (χ1n) is 7.97. The number of carbonyl (C=O) groups excluding carboxylic acids is 2. The second-order valence-corrected chi connectivity index (χ2v) is 7.54. The summed E-state index contributed by atoms with van der Waals surface area (Å²) >= 11 is 0. The summed E-state index contributed by atoms with van der Waals surface area (Å²) in [6.07, 6.45) is 0.166. The molecule has 1 atom stereocenters. The van der Waals surface area contributed by atoms with Crippen LogP contribution >= 0.6 is 0 Å². The maximum absolute atomic E-state index is 12.5. The molecule has 1 aromatic carbocycles. The van der Waals surface area contributed by atoms with Gasteiger partial charge in [-0.05, 0) is 24.3 Å². The van der Waals surface area contributed by atoms with Gasteiger partial charge >= 0.3 is 0 Å². The normalized spacial score (nSPS) is 18.2. The van der Waals surface area contributed by atoms with Gasteiger partial charge in [0.05, 0.1) is 10.8 Å². The van der Waals surface area contributed by atoms with Crippen molar-refractivity contribution in [2.24, 2.45) is 5.92 Å². The molecule has 0 bridgehead atoms. The van der Waals surface area contributed by atoms with Crippen LogP contribution in [-0.4, -0.2) is 51.2 Å². The molecular formula is C16H23N3O4S. The fourth-order valence-corrected chi connectivity index (χ4v) is 4.31. The van der Waals surface area contributed by atoms with Crippen molar-refractivity contribution in [3.63, 3.8) is 0 Å². The first-order valence-corrected chi connectivity index (χ1v) is 9.41. The maximum atomic E-state index is 12.5. The molecule has 1 heterocycles. The second-order valence-electron chi connectivity index (χ2n) is 5.60. The van der Waals surface area contributed by atoms with Gasteiger partial charge in [0.15, 0.2) is 0 Å². The topological polar surface area (TPSA) is 86.8 Å². The van der Waals surface area contributed by atoms with Crippen molar-refractivity contribution >= 4 is 27.5 Å². The van der Waals surface area contributed by atoms with Crippen molar-refractivity contribution in [1.82, 2.24) is 9.62 Å². The Kier molecular flexibility index (Phi) is 5.61. The molecule has 7 nitrogen and oxygen atoms in total. The van der Waals surface area contributed by atoms with Crippen molar-refractivity contribution in [3.05, 3.63) is 24.3 Å². The number of hydrogen-bond acceptors (Lipinski definition) is 4. The summed E-state index contributed by atoms with van der Waals surface area (Å²) in [7, 11) is -1.97. The third-order valence-electron chi connectivity index (χ3n) is 4.23. The highest BCUT2D eigenvalue weighted by molar-refractivity contribution is 7.89. The Labute approximate surface area is 142 Å². The molecule has 0 saturated carbocycles. The summed E-state index contributed by atoms with van der Waals surface area (Å²) in [5, 5.41) is 2.55. The lowest BCUT2D eigenvalue weighted by molar-refractivity contribution is -0.125. The Bertz CT molecular complexity index is 711. The fraction of sp³-hybridized carbons (Fsp3) is 0.500. The highest BCUT2D eigenvalue weighted by Crippen LogP contribution is 2.27. The molecule has 132 valence electrons. The molecule has 1 saturated heterocycles. The number of anilines is 1. The molecule has 0 unspecified atom stereocenters. The molecule has 0 radical (unpaired) electrons. The Hall–Kier alpha value is -1.93. The van der Waals surface area contributed by atoms with Crippen LogP contribution < -0.4 is 10.2 Å². The average Bonchev–Trinajstić information content (AvgIpc) is 2.97. The summed E-state index contributed by atoms with van der Waals surface area (Å²) in [5.41, 5.74) is 0.602. The van der Waals surface area contributed by atoms with E-state index in [4.69, 9.17) is 0 Å². The zero-order chi connectivity index (χ0) is 17.9. The number of rotatable bonds is 6. The van der Waals surface area contributed by atoms with E-state index < -0.39 is 10.0 Å². The number of nitrogens with one attached hydrogen (secondary N) is 1. The zero-order valence-electron chi connectivity index (χ0n) is 14.2. The first-order chi connectivity index (χ1) is 11.3. The molecule has 1 aliphatic heterocycles. The molecule has 1 fully saturated rings. The van der Waals surface area contributed by atoms with Crippen LogP contribution in [0.15, 0.2) is 29.2 Å². The molecule has 8 heteroatoms. The van der Waals surface area contributed by atoms with Crippen molar-refractivity contribution in [2.45, 2.75) is 25.2 Å². The molecule has 24 heavy (non-hydrogen) atoms. The minimum atomic E-state index is -3.52. The minimum absolute atomic E-state index is 0.136. The van der Waals surface area contributed by atoms with E-state index in [0.717, 1.165) is 0 Å². The maximum Gasteiger partial charge on any atom is 0.243 e. The average molecular weight is 353 g/mol. The van der Waals surface area contributed by atoms with E-state index >= 15 is 0 Å². The number of amides is 2. The zero-order valence-corrected chi connectivity index (χ0v) is 15.0. The van der Waals surface area contributed by atoms with E-state index in [1.54, 1.807) is 33.0 Å². The highest BCUT2D eigenvalue weighted by atomic mass is 32.2. The van der Waals surface area contributed by atoms with Gasteiger partial charge in [-0.2, -0.15) is 4.31 Å². The lowest BCUT2D eigenvalue weighted by Gasteiger charge is -2.20. The molecule has 0 aromatic heterocycles. The predicted molar refractivity (Wildman–Crippen MR) is 91.1 cm³/mol. The standard InChI is InChI=1S/C16H23N3O4S/c1-4-18(5-2)24(22,23)14-8-6-13(7-9-14)19-11-12(10-15(19)20)16(21)17-3/h6-9,12H,4-5,10-11H2,1-3H3,(H,17,21)/t12-/m1/s1. The Balaban J connectivity index is 2.21. The molecule has 2 rings (SSSR count). The van der Waals surface area contributed by atoms with Gasteiger partial charge in [-0.3, -0.25) is 9.59 Å². The Morgan fingerprint density at radius 2 is 1.83 bits per heavy atom. The minimum Gasteiger partial charge on any atom is -0.359 e.